The van der Waals surface area contributed by atoms with Crippen molar-refractivity contribution in [2.75, 3.05) is 11.8 Å². The maximum atomic E-state index is 12.2. The van der Waals surface area contributed by atoms with Crippen LogP contribution in [0.3, 0.4) is 0 Å². The van der Waals surface area contributed by atoms with E-state index in [1.807, 2.05) is 0 Å². The van der Waals surface area contributed by atoms with Crippen LogP contribution in [0.25, 0.3) is 0 Å². The number of carboxylic acid groups (broad SMARTS) is 1. The van der Waals surface area contributed by atoms with Crippen LogP contribution in [0.2, 0.25) is 0 Å². The summed E-state index contributed by atoms with van der Waals surface area (Å²) in [6.45, 7) is 1.51. The van der Waals surface area contributed by atoms with E-state index in [-0.39, 0.29) is 21.2 Å². The highest BCUT2D eigenvalue weighted by Crippen LogP contribution is 2.27. The first-order chi connectivity index (χ1) is 9.85. The molecule has 2 rings (SSSR count). The van der Waals surface area contributed by atoms with Gasteiger partial charge in [-0.2, -0.15) is 4.37 Å². The predicted octanol–water partition coefficient (Wildman–Crippen LogP) is 1.96. The van der Waals surface area contributed by atoms with Gasteiger partial charge in [0.1, 0.15) is 16.3 Å². The zero-order valence-electron chi connectivity index (χ0n) is 11.2. The van der Waals surface area contributed by atoms with E-state index in [0.29, 0.717) is 5.75 Å². The van der Waals surface area contributed by atoms with Crippen LogP contribution < -0.4 is 9.46 Å². The Bertz CT molecular complexity index is 765. The van der Waals surface area contributed by atoms with Gasteiger partial charge in [0.25, 0.3) is 10.0 Å². The van der Waals surface area contributed by atoms with Crippen LogP contribution in [0.1, 0.15) is 16.1 Å². The van der Waals surface area contributed by atoms with E-state index in [1.165, 1.54) is 38.3 Å². The number of carbonyl (C=O) groups is 1. The molecule has 0 aliphatic carbocycles. The van der Waals surface area contributed by atoms with E-state index in [9.17, 15) is 13.2 Å². The van der Waals surface area contributed by atoms with Crippen molar-refractivity contribution >= 4 is 32.5 Å². The number of nitrogens with zero attached hydrogens (tertiary/aromatic N) is 1. The summed E-state index contributed by atoms with van der Waals surface area (Å²) >= 11 is 0.788. The number of aromatic carboxylic acids is 1. The number of methoxy groups -OCH3 is 1. The van der Waals surface area contributed by atoms with Gasteiger partial charge in [0.2, 0.25) is 0 Å². The molecule has 0 spiro atoms. The summed E-state index contributed by atoms with van der Waals surface area (Å²) in [6, 6.07) is 5.75. The van der Waals surface area contributed by atoms with Crippen molar-refractivity contribution in [2.45, 2.75) is 11.8 Å². The summed E-state index contributed by atoms with van der Waals surface area (Å²) in [5.74, 6) is -0.706. The lowest BCUT2D eigenvalue weighted by Gasteiger charge is -2.07. The fourth-order valence-corrected chi connectivity index (χ4v) is 3.71. The van der Waals surface area contributed by atoms with Crippen LogP contribution >= 0.6 is 11.5 Å². The Kier molecular flexibility index (Phi) is 4.14. The first-order valence-corrected chi connectivity index (χ1v) is 7.97. The largest absolute Gasteiger partial charge is 0.497 e. The molecule has 9 heteroatoms. The Balaban J connectivity index is 2.35. The number of nitrogens with one attached hydrogen (secondary N) is 1. The molecule has 0 radical (unpaired) electrons. The minimum absolute atomic E-state index is 0.00527. The van der Waals surface area contributed by atoms with Crippen molar-refractivity contribution in [1.29, 1.82) is 0 Å². The fraction of sp³-hybridized carbons (Fsp3) is 0.167. The van der Waals surface area contributed by atoms with Crippen LogP contribution in [0.15, 0.2) is 29.2 Å². The third-order valence-corrected chi connectivity index (χ3v) is 5.02. The average Bonchev–Trinajstić information content (AvgIpc) is 2.79. The predicted molar refractivity (Wildman–Crippen MR) is 77.6 cm³/mol. The number of hydrogen-bond acceptors (Lipinski definition) is 6. The highest BCUT2D eigenvalue weighted by atomic mass is 32.2. The van der Waals surface area contributed by atoms with Gasteiger partial charge in [-0.1, -0.05) is 0 Å². The molecular formula is C12H12N2O5S2. The van der Waals surface area contributed by atoms with Crippen molar-refractivity contribution in [3.63, 3.8) is 0 Å². The molecule has 0 saturated carbocycles. The zero-order valence-corrected chi connectivity index (χ0v) is 12.8. The van der Waals surface area contributed by atoms with Gasteiger partial charge in [0, 0.05) is 0 Å². The van der Waals surface area contributed by atoms with Gasteiger partial charge >= 0.3 is 5.97 Å². The van der Waals surface area contributed by atoms with E-state index in [0.717, 1.165) is 11.5 Å². The van der Waals surface area contributed by atoms with E-state index in [4.69, 9.17) is 9.84 Å². The molecular weight excluding hydrogens is 316 g/mol. The fourth-order valence-electron chi connectivity index (χ4n) is 1.63. The van der Waals surface area contributed by atoms with E-state index in [1.54, 1.807) is 0 Å². The normalized spacial score (nSPS) is 11.1. The number of aryl methyl sites for hydroxylation is 1. The van der Waals surface area contributed by atoms with E-state index >= 15 is 0 Å². The lowest BCUT2D eigenvalue weighted by molar-refractivity contribution is 0.0697. The van der Waals surface area contributed by atoms with Gasteiger partial charge in [-0.15, -0.1) is 0 Å². The second-order valence-corrected chi connectivity index (χ2v) is 6.51. The van der Waals surface area contributed by atoms with Crippen LogP contribution in [0, 0.1) is 6.92 Å². The third-order valence-electron chi connectivity index (χ3n) is 2.67. The van der Waals surface area contributed by atoms with Crippen LogP contribution in [-0.4, -0.2) is 31.0 Å². The van der Waals surface area contributed by atoms with E-state index in [2.05, 4.69) is 9.10 Å². The molecule has 112 valence electrons. The molecule has 1 aromatic heterocycles. The molecule has 2 N–H and O–H groups in total. The minimum Gasteiger partial charge on any atom is -0.497 e. The van der Waals surface area contributed by atoms with Gasteiger partial charge in [-0.25, -0.2) is 13.2 Å². The average molecular weight is 328 g/mol. The van der Waals surface area contributed by atoms with Crippen molar-refractivity contribution < 1.29 is 23.1 Å². The highest BCUT2D eigenvalue weighted by molar-refractivity contribution is 7.93. The molecule has 0 saturated heterocycles. The lowest BCUT2D eigenvalue weighted by atomic mass is 10.2. The molecule has 21 heavy (non-hydrogen) atoms. The van der Waals surface area contributed by atoms with Gasteiger partial charge in [-0.3, -0.25) is 4.72 Å². The second kappa shape index (κ2) is 5.70. The summed E-state index contributed by atoms with van der Waals surface area (Å²) in [5, 5.41) is 9.07. The number of sulfonamides is 1. The molecule has 0 aliphatic heterocycles. The molecule has 2 aromatic rings. The van der Waals surface area contributed by atoms with Crippen molar-refractivity contribution in [1.82, 2.24) is 4.37 Å². The van der Waals surface area contributed by atoms with Crippen LogP contribution in [0.4, 0.5) is 5.00 Å². The van der Waals surface area contributed by atoms with Crippen molar-refractivity contribution in [2.24, 2.45) is 0 Å². The van der Waals surface area contributed by atoms with Crippen molar-refractivity contribution in [3.05, 3.63) is 35.5 Å². The molecule has 0 amide bonds. The molecule has 7 nitrogen and oxygen atoms in total. The SMILES string of the molecule is COc1ccc(S(=O)(=O)Nc2snc(C)c2C(=O)O)cc1. The topological polar surface area (TPSA) is 106 Å². The van der Waals surface area contributed by atoms with E-state index < -0.39 is 16.0 Å². The number of ether oxygens (including phenoxy) is 1. The third kappa shape index (κ3) is 3.14. The molecule has 0 unspecified atom stereocenters. The minimum atomic E-state index is -3.88. The Morgan fingerprint density at radius 1 is 1.33 bits per heavy atom. The zero-order chi connectivity index (χ0) is 15.6. The monoisotopic (exact) mass is 328 g/mol. The van der Waals surface area contributed by atoms with Crippen LogP contribution in [0.5, 0.6) is 5.75 Å². The number of anilines is 1. The molecule has 0 fully saturated rings. The Morgan fingerprint density at radius 2 is 1.95 bits per heavy atom. The van der Waals surface area contributed by atoms with Crippen LogP contribution in [-0.2, 0) is 10.0 Å². The number of aromatic nitrogens is 1. The Hall–Kier alpha value is -2.13. The summed E-state index contributed by atoms with van der Waals surface area (Å²) < 4.78 is 35.5. The number of hydrogen-bond donors (Lipinski definition) is 2. The second-order valence-electron chi connectivity index (χ2n) is 4.06. The van der Waals surface area contributed by atoms with Gasteiger partial charge in [-0.05, 0) is 42.7 Å². The molecule has 0 aliphatic rings. The Labute approximate surface area is 125 Å². The standard InChI is InChI=1S/C12H12N2O5S2/c1-7-10(12(15)16)11(20-13-7)14-21(17,18)9-5-3-8(19-2)4-6-9/h3-6,14H,1-2H3,(H,15,16). The first kappa shape index (κ1) is 15.3. The lowest BCUT2D eigenvalue weighted by Crippen LogP contribution is -2.14. The van der Waals surface area contributed by atoms with Gasteiger partial charge in [0.05, 0.1) is 17.7 Å². The smallest absolute Gasteiger partial charge is 0.340 e. The van der Waals surface area contributed by atoms with Gasteiger partial charge < -0.3 is 9.84 Å². The van der Waals surface area contributed by atoms with Gasteiger partial charge in [0.15, 0.2) is 0 Å². The maximum absolute atomic E-state index is 12.2. The number of carboxylic acids is 1. The quantitative estimate of drug-likeness (QED) is 0.869. The van der Waals surface area contributed by atoms with Crippen molar-refractivity contribution in [3.8, 4) is 5.75 Å². The Morgan fingerprint density at radius 3 is 2.48 bits per heavy atom. The molecule has 1 aromatic carbocycles. The first-order valence-electron chi connectivity index (χ1n) is 5.71. The highest BCUT2D eigenvalue weighted by Gasteiger charge is 2.23. The summed E-state index contributed by atoms with van der Waals surface area (Å²) in [6.07, 6.45) is 0. The molecule has 1 heterocycles. The number of benzene rings is 1. The maximum Gasteiger partial charge on any atom is 0.340 e. The summed E-state index contributed by atoms with van der Waals surface area (Å²) in [7, 11) is -2.41. The molecule has 0 bridgehead atoms. The molecule has 0 atom stereocenters. The number of rotatable bonds is 5. The summed E-state index contributed by atoms with van der Waals surface area (Å²) in [4.78, 5) is 11.1. The summed E-state index contributed by atoms with van der Waals surface area (Å²) in [5.41, 5.74) is 0.122.